The van der Waals surface area contributed by atoms with E-state index in [9.17, 15) is 4.39 Å². The highest BCUT2D eigenvalue weighted by Gasteiger charge is 1.95. The fourth-order valence-corrected chi connectivity index (χ4v) is 0.848. The van der Waals surface area contributed by atoms with Crippen molar-refractivity contribution in [2.24, 2.45) is 0 Å². The van der Waals surface area contributed by atoms with Gasteiger partial charge in [0.15, 0.2) is 0 Å². The highest BCUT2D eigenvalue weighted by atomic mass is 32.1. The predicted octanol–water partition coefficient (Wildman–Crippen LogP) is 1.04. The van der Waals surface area contributed by atoms with Crippen LogP contribution in [0, 0.1) is 10.7 Å². The molecule has 10 heavy (non-hydrogen) atoms. The average Bonchev–Trinajstić information content (AvgIpc) is 2.40. The van der Waals surface area contributed by atoms with Crippen molar-refractivity contribution >= 4 is 18.1 Å². The van der Waals surface area contributed by atoms with Crippen molar-refractivity contribution in [3.05, 3.63) is 16.3 Å². The second-order valence-corrected chi connectivity index (χ2v) is 2.30. The van der Waals surface area contributed by atoms with Crippen molar-refractivity contribution in [1.29, 1.82) is 5.41 Å². The Balaban J connectivity index is 0.000000371. The number of hydrogen-bond acceptors (Lipinski definition) is 4. The van der Waals surface area contributed by atoms with Crippen LogP contribution >= 0.6 is 11.3 Å². The Bertz CT molecular complexity index is 192. The Morgan fingerprint density at radius 2 is 2.40 bits per heavy atom. The highest BCUT2D eigenvalue weighted by molar-refractivity contribution is 7.09. The summed E-state index contributed by atoms with van der Waals surface area (Å²) in [5.74, 6) is 0. The zero-order chi connectivity index (χ0) is 7.98. The molecule has 1 aromatic heterocycles. The molecule has 0 amide bonds. The number of rotatable bonds is 1. The molecule has 0 aliphatic heterocycles. The summed E-state index contributed by atoms with van der Waals surface area (Å²) in [4.78, 5) is 3.84. The summed E-state index contributed by atoms with van der Waals surface area (Å²) in [7, 11) is 0. The molecule has 0 atom stereocenters. The maximum Gasteiger partial charge on any atom is 0.269 e. The molecule has 0 spiro atoms. The summed E-state index contributed by atoms with van der Waals surface area (Å²) in [5.41, 5.74) is 0. The van der Waals surface area contributed by atoms with Crippen LogP contribution in [0.25, 0.3) is 0 Å². The van der Waals surface area contributed by atoms with Gasteiger partial charge in [0.05, 0.1) is 11.5 Å². The Hall–Kier alpha value is -0.810. The molecule has 0 radical (unpaired) electrons. The van der Waals surface area contributed by atoms with Crippen molar-refractivity contribution in [2.75, 3.05) is 0 Å². The summed E-state index contributed by atoms with van der Waals surface area (Å²) in [6.45, 7) is 2.38. The summed E-state index contributed by atoms with van der Waals surface area (Å²) < 4.78 is 11.9. The van der Waals surface area contributed by atoms with Crippen molar-refractivity contribution in [2.45, 2.75) is 6.61 Å². The van der Waals surface area contributed by atoms with E-state index in [-0.39, 0.29) is 6.61 Å². The second kappa shape index (κ2) is 5.01. The van der Waals surface area contributed by atoms with Crippen molar-refractivity contribution < 1.29 is 9.50 Å². The van der Waals surface area contributed by atoms with Crippen LogP contribution in [0.4, 0.5) is 4.39 Å². The minimum atomic E-state index is -0.492. The Morgan fingerprint density at radius 1 is 1.80 bits per heavy atom. The van der Waals surface area contributed by atoms with Gasteiger partial charge in [-0.05, 0) is 6.72 Å². The first-order chi connectivity index (χ1) is 4.83. The van der Waals surface area contributed by atoms with E-state index in [1.165, 1.54) is 6.20 Å². The van der Waals surface area contributed by atoms with E-state index < -0.39 is 5.26 Å². The van der Waals surface area contributed by atoms with E-state index in [0.29, 0.717) is 4.88 Å². The summed E-state index contributed by atoms with van der Waals surface area (Å²) in [6, 6.07) is 0. The molecule has 56 valence electrons. The molecule has 0 aromatic carbocycles. The lowest BCUT2D eigenvalue weighted by Crippen LogP contribution is -1.70. The van der Waals surface area contributed by atoms with Gasteiger partial charge in [0.1, 0.15) is 0 Å². The molecule has 2 N–H and O–H groups in total. The normalized spacial score (nSPS) is 8.20. The van der Waals surface area contributed by atoms with Crippen molar-refractivity contribution in [1.82, 2.24) is 4.98 Å². The van der Waals surface area contributed by atoms with E-state index in [0.717, 1.165) is 11.3 Å². The molecule has 1 rings (SSSR count). The quantitative estimate of drug-likeness (QED) is 0.606. The molecule has 0 saturated carbocycles. The second-order valence-electron chi connectivity index (χ2n) is 1.24. The molecule has 3 nitrogen and oxygen atoms in total. The Morgan fingerprint density at radius 3 is 2.60 bits per heavy atom. The molecule has 0 aliphatic carbocycles. The fraction of sp³-hybridized carbons (Fsp3) is 0.200. The van der Waals surface area contributed by atoms with E-state index >= 15 is 0 Å². The maximum absolute atomic E-state index is 11.9. The highest BCUT2D eigenvalue weighted by Crippen LogP contribution is 2.09. The third-order valence-electron chi connectivity index (χ3n) is 0.681. The molecule has 0 fully saturated rings. The zero-order valence-electron chi connectivity index (χ0n) is 5.17. The molecule has 1 aromatic rings. The predicted molar refractivity (Wildman–Crippen MR) is 37.8 cm³/mol. The molecule has 0 aliphatic rings. The Labute approximate surface area is 61.7 Å². The van der Waals surface area contributed by atoms with Gasteiger partial charge in [-0.15, -0.1) is 0 Å². The maximum atomic E-state index is 11.9. The number of aromatic nitrogens is 1. The molecule has 0 bridgehead atoms. The molecular formula is C5H7FN2OS. The SMILES string of the molecule is C=N.OCc1cnc(F)s1. The first-order valence-electron chi connectivity index (χ1n) is 2.39. The van der Waals surface area contributed by atoms with Gasteiger partial charge < -0.3 is 10.5 Å². The first kappa shape index (κ1) is 9.19. The van der Waals surface area contributed by atoms with Gasteiger partial charge in [0.25, 0.3) is 5.26 Å². The zero-order valence-corrected chi connectivity index (χ0v) is 5.99. The van der Waals surface area contributed by atoms with Gasteiger partial charge in [-0.3, -0.25) is 0 Å². The van der Waals surface area contributed by atoms with Gasteiger partial charge in [0, 0.05) is 6.20 Å². The summed E-state index contributed by atoms with van der Waals surface area (Å²) in [6.07, 6.45) is 1.32. The van der Waals surface area contributed by atoms with Gasteiger partial charge in [0.2, 0.25) is 0 Å². The minimum Gasteiger partial charge on any atom is -0.391 e. The van der Waals surface area contributed by atoms with Crippen LogP contribution in [0.2, 0.25) is 0 Å². The average molecular weight is 162 g/mol. The lowest BCUT2D eigenvalue weighted by atomic mass is 10.6. The number of hydrogen-bond donors (Lipinski definition) is 2. The first-order valence-corrected chi connectivity index (χ1v) is 3.21. The van der Waals surface area contributed by atoms with Crippen LogP contribution in [0.3, 0.4) is 0 Å². The van der Waals surface area contributed by atoms with Crippen LogP contribution in [0.1, 0.15) is 4.88 Å². The number of aliphatic hydroxyl groups is 1. The molecule has 0 unspecified atom stereocenters. The summed E-state index contributed by atoms with van der Waals surface area (Å²) in [5, 5.41) is 13.4. The number of aliphatic hydroxyl groups excluding tert-OH is 1. The van der Waals surface area contributed by atoms with Crippen LogP contribution in [0.5, 0.6) is 0 Å². The standard InChI is InChI=1S/C4H4FNOS.CH3N/c5-4-6-1-3(2-7)8-4;1-2/h1,7H,2H2;2H,1H2. The van der Waals surface area contributed by atoms with Gasteiger partial charge in [-0.25, -0.2) is 4.98 Å². The van der Waals surface area contributed by atoms with E-state index in [2.05, 4.69) is 11.7 Å². The van der Waals surface area contributed by atoms with Crippen molar-refractivity contribution in [3.63, 3.8) is 0 Å². The lowest BCUT2D eigenvalue weighted by molar-refractivity contribution is 0.285. The monoisotopic (exact) mass is 162 g/mol. The van der Waals surface area contributed by atoms with E-state index in [4.69, 9.17) is 10.5 Å². The number of nitrogens with one attached hydrogen (secondary N) is 1. The van der Waals surface area contributed by atoms with Crippen molar-refractivity contribution in [3.8, 4) is 0 Å². The lowest BCUT2D eigenvalue weighted by Gasteiger charge is -1.77. The topological polar surface area (TPSA) is 57.0 Å². The molecule has 1 heterocycles. The molecule has 5 heteroatoms. The molecular weight excluding hydrogens is 155 g/mol. The van der Waals surface area contributed by atoms with Crippen LogP contribution < -0.4 is 0 Å². The number of thiazole rings is 1. The number of nitrogens with zero attached hydrogens (tertiary/aromatic N) is 1. The van der Waals surface area contributed by atoms with E-state index in [1.807, 2.05) is 0 Å². The van der Waals surface area contributed by atoms with Crippen LogP contribution in [-0.4, -0.2) is 16.8 Å². The van der Waals surface area contributed by atoms with Crippen LogP contribution in [0.15, 0.2) is 6.20 Å². The largest absolute Gasteiger partial charge is 0.391 e. The van der Waals surface area contributed by atoms with Gasteiger partial charge >= 0.3 is 0 Å². The fourth-order valence-electron chi connectivity index (χ4n) is 0.357. The third kappa shape index (κ3) is 2.65. The van der Waals surface area contributed by atoms with Gasteiger partial charge in [-0.2, -0.15) is 4.39 Å². The van der Waals surface area contributed by atoms with E-state index in [1.54, 1.807) is 0 Å². The van der Waals surface area contributed by atoms with Crippen LogP contribution in [-0.2, 0) is 6.61 Å². The third-order valence-corrected chi connectivity index (χ3v) is 1.45. The summed E-state index contributed by atoms with van der Waals surface area (Å²) >= 11 is 0.860. The smallest absolute Gasteiger partial charge is 0.269 e. The minimum absolute atomic E-state index is 0.123. The van der Waals surface area contributed by atoms with Gasteiger partial charge in [-0.1, -0.05) is 11.3 Å². The Kier molecular flexibility index (Phi) is 4.61. The number of halogens is 1. The molecule has 0 saturated heterocycles.